The monoisotopic (exact) mass is 273 g/mol. The summed E-state index contributed by atoms with van der Waals surface area (Å²) in [5, 5.41) is 4.01. The molecule has 1 heterocycles. The van der Waals surface area contributed by atoms with Gasteiger partial charge in [-0.1, -0.05) is 29.4 Å². The molecule has 1 aromatic heterocycles. The van der Waals surface area contributed by atoms with E-state index < -0.39 is 5.60 Å². The summed E-state index contributed by atoms with van der Waals surface area (Å²) in [6.45, 7) is 7.55. The van der Waals surface area contributed by atoms with Crippen LogP contribution in [0.1, 0.15) is 31.9 Å². The highest BCUT2D eigenvalue weighted by Gasteiger charge is 2.20. The van der Waals surface area contributed by atoms with Crippen LogP contribution in [-0.2, 0) is 16.0 Å². The standard InChI is InChI=1S/C16H19NO3/c1-11-7-5-6-8-13(11)15-12(10-19-17-15)9-14(18)20-16(2,3)4/h5-8,10H,9H2,1-4H3. The van der Waals surface area contributed by atoms with Crippen molar-refractivity contribution < 1.29 is 14.1 Å². The van der Waals surface area contributed by atoms with E-state index in [0.717, 1.165) is 16.7 Å². The Bertz CT molecular complexity index is 608. The zero-order valence-corrected chi connectivity index (χ0v) is 12.3. The topological polar surface area (TPSA) is 52.3 Å². The van der Waals surface area contributed by atoms with Crippen LogP contribution < -0.4 is 0 Å². The molecule has 0 N–H and O–H groups in total. The molecule has 0 amide bonds. The van der Waals surface area contributed by atoms with E-state index >= 15 is 0 Å². The van der Waals surface area contributed by atoms with Gasteiger partial charge in [0.15, 0.2) is 0 Å². The molecular formula is C16H19NO3. The number of hydrogen-bond donors (Lipinski definition) is 0. The Labute approximate surface area is 118 Å². The minimum atomic E-state index is -0.489. The molecule has 4 nitrogen and oxygen atoms in total. The Morgan fingerprint density at radius 1 is 1.30 bits per heavy atom. The second-order valence-corrected chi connectivity index (χ2v) is 5.77. The van der Waals surface area contributed by atoms with Gasteiger partial charge in [0.05, 0.1) is 6.42 Å². The lowest BCUT2D eigenvalue weighted by atomic mass is 10.0. The van der Waals surface area contributed by atoms with E-state index in [-0.39, 0.29) is 12.4 Å². The fraction of sp³-hybridized carbons (Fsp3) is 0.375. The minimum Gasteiger partial charge on any atom is -0.460 e. The maximum atomic E-state index is 11.9. The lowest BCUT2D eigenvalue weighted by Crippen LogP contribution is -2.24. The van der Waals surface area contributed by atoms with Crippen LogP contribution in [-0.4, -0.2) is 16.7 Å². The third kappa shape index (κ3) is 3.47. The van der Waals surface area contributed by atoms with Crippen molar-refractivity contribution in [1.82, 2.24) is 5.16 Å². The Balaban J connectivity index is 2.22. The maximum absolute atomic E-state index is 11.9. The van der Waals surface area contributed by atoms with Crippen LogP contribution in [0.5, 0.6) is 0 Å². The third-order valence-corrected chi connectivity index (χ3v) is 2.80. The Hall–Kier alpha value is -2.10. The summed E-state index contributed by atoms with van der Waals surface area (Å²) in [5.74, 6) is -0.282. The molecule has 0 spiro atoms. The van der Waals surface area contributed by atoms with Crippen LogP contribution in [0, 0.1) is 6.92 Å². The molecule has 0 aliphatic carbocycles. The predicted molar refractivity (Wildman–Crippen MR) is 76.2 cm³/mol. The molecule has 106 valence electrons. The molecule has 2 aromatic rings. The summed E-state index contributed by atoms with van der Waals surface area (Å²) in [6, 6.07) is 7.87. The van der Waals surface area contributed by atoms with Gasteiger partial charge in [-0.25, -0.2) is 0 Å². The van der Waals surface area contributed by atoms with Gasteiger partial charge in [0.25, 0.3) is 0 Å². The molecule has 4 heteroatoms. The highest BCUT2D eigenvalue weighted by molar-refractivity contribution is 5.77. The summed E-state index contributed by atoms with van der Waals surface area (Å²) in [5.41, 5.74) is 3.02. The van der Waals surface area contributed by atoms with E-state index in [0.29, 0.717) is 5.69 Å². The number of hydrogen-bond acceptors (Lipinski definition) is 4. The Morgan fingerprint density at radius 2 is 2.00 bits per heavy atom. The molecule has 0 aliphatic heterocycles. The number of aromatic nitrogens is 1. The summed E-state index contributed by atoms with van der Waals surface area (Å²) >= 11 is 0. The van der Waals surface area contributed by atoms with Gasteiger partial charge in [0, 0.05) is 11.1 Å². The number of ether oxygens (including phenoxy) is 1. The van der Waals surface area contributed by atoms with Crippen LogP contribution in [0.15, 0.2) is 35.1 Å². The van der Waals surface area contributed by atoms with E-state index in [2.05, 4.69) is 5.16 Å². The second kappa shape index (κ2) is 5.49. The van der Waals surface area contributed by atoms with E-state index in [1.165, 1.54) is 6.26 Å². The van der Waals surface area contributed by atoms with Crippen molar-refractivity contribution in [3.63, 3.8) is 0 Å². The first-order valence-electron chi connectivity index (χ1n) is 6.58. The average Bonchev–Trinajstić information content (AvgIpc) is 2.75. The van der Waals surface area contributed by atoms with E-state index in [9.17, 15) is 4.79 Å². The fourth-order valence-corrected chi connectivity index (χ4v) is 1.98. The lowest BCUT2D eigenvalue weighted by Gasteiger charge is -2.19. The molecule has 0 aliphatic rings. The Morgan fingerprint density at radius 3 is 2.65 bits per heavy atom. The van der Waals surface area contributed by atoms with Crippen LogP contribution in [0.2, 0.25) is 0 Å². The van der Waals surface area contributed by atoms with Gasteiger partial charge in [-0.05, 0) is 33.3 Å². The summed E-state index contributed by atoms with van der Waals surface area (Å²) < 4.78 is 10.4. The predicted octanol–water partition coefficient (Wildman–Crippen LogP) is 3.53. The van der Waals surface area contributed by atoms with Gasteiger partial charge in [-0.15, -0.1) is 0 Å². The number of benzene rings is 1. The average molecular weight is 273 g/mol. The fourth-order valence-electron chi connectivity index (χ4n) is 1.98. The van der Waals surface area contributed by atoms with Gasteiger partial charge in [0.2, 0.25) is 0 Å². The molecule has 0 saturated heterocycles. The molecular weight excluding hydrogens is 254 g/mol. The smallest absolute Gasteiger partial charge is 0.310 e. The molecule has 0 fully saturated rings. The molecule has 0 atom stereocenters. The summed E-state index contributed by atoms with van der Waals surface area (Å²) in [6.07, 6.45) is 1.66. The molecule has 1 aromatic carbocycles. The molecule has 0 bridgehead atoms. The number of rotatable bonds is 3. The Kier molecular flexibility index (Phi) is 3.93. The van der Waals surface area contributed by atoms with E-state index in [1.807, 2.05) is 52.0 Å². The molecule has 0 saturated carbocycles. The minimum absolute atomic E-state index is 0.157. The summed E-state index contributed by atoms with van der Waals surface area (Å²) in [4.78, 5) is 11.9. The number of carbonyl (C=O) groups is 1. The maximum Gasteiger partial charge on any atom is 0.310 e. The molecule has 2 rings (SSSR count). The quantitative estimate of drug-likeness (QED) is 0.803. The van der Waals surface area contributed by atoms with Crippen molar-refractivity contribution in [2.24, 2.45) is 0 Å². The zero-order valence-electron chi connectivity index (χ0n) is 12.3. The van der Waals surface area contributed by atoms with Crippen molar-refractivity contribution in [3.05, 3.63) is 41.7 Å². The number of nitrogens with zero attached hydrogens (tertiary/aromatic N) is 1. The first-order chi connectivity index (χ1) is 9.37. The van der Waals surface area contributed by atoms with Crippen molar-refractivity contribution in [3.8, 4) is 11.3 Å². The van der Waals surface area contributed by atoms with Crippen molar-refractivity contribution in [1.29, 1.82) is 0 Å². The first kappa shape index (κ1) is 14.3. The van der Waals surface area contributed by atoms with Crippen molar-refractivity contribution in [2.75, 3.05) is 0 Å². The van der Waals surface area contributed by atoms with E-state index in [1.54, 1.807) is 0 Å². The number of aryl methyl sites for hydroxylation is 1. The van der Waals surface area contributed by atoms with Crippen molar-refractivity contribution >= 4 is 5.97 Å². The van der Waals surface area contributed by atoms with Gasteiger partial charge in [-0.2, -0.15) is 0 Å². The van der Waals surface area contributed by atoms with Gasteiger partial charge < -0.3 is 9.26 Å². The van der Waals surface area contributed by atoms with Crippen LogP contribution in [0.3, 0.4) is 0 Å². The summed E-state index contributed by atoms with van der Waals surface area (Å²) in [7, 11) is 0. The third-order valence-electron chi connectivity index (χ3n) is 2.80. The molecule has 20 heavy (non-hydrogen) atoms. The zero-order chi connectivity index (χ0) is 14.8. The van der Waals surface area contributed by atoms with Gasteiger partial charge in [-0.3, -0.25) is 4.79 Å². The molecule has 0 radical (unpaired) electrons. The molecule has 0 unspecified atom stereocenters. The SMILES string of the molecule is Cc1ccccc1-c1nocc1CC(=O)OC(C)(C)C. The van der Waals surface area contributed by atoms with Crippen LogP contribution >= 0.6 is 0 Å². The van der Waals surface area contributed by atoms with Crippen LogP contribution in [0.25, 0.3) is 11.3 Å². The lowest BCUT2D eigenvalue weighted by molar-refractivity contribution is -0.153. The van der Waals surface area contributed by atoms with E-state index in [4.69, 9.17) is 9.26 Å². The second-order valence-electron chi connectivity index (χ2n) is 5.77. The van der Waals surface area contributed by atoms with Crippen LogP contribution in [0.4, 0.5) is 0 Å². The number of carbonyl (C=O) groups excluding carboxylic acids is 1. The first-order valence-corrected chi connectivity index (χ1v) is 6.58. The van der Waals surface area contributed by atoms with Crippen molar-refractivity contribution in [2.45, 2.75) is 39.7 Å². The largest absolute Gasteiger partial charge is 0.460 e. The van der Waals surface area contributed by atoms with Gasteiger partial charge in [0.1, 0.15) is 17.6 Å². The highest BCUT2D eigenvalue weighted by Crippen LogP contribution is 2.26. The number of esters is 1. The van der Waals surface area contributed by atoms with Gasteiger partial charge >= 0.3 is 5.97 Å². The highest BCUT2D eigenvalue weighted by atomic mass is 16.6. The normalized spacial score (nSPS) is 11.4.